The predicted molar refractivity (Wildman–Crippen MR) is 72.3 cm³/mol. The van der Waals surface area contributed by atoms with Gasteiger partial charge in [-0.1, -0.05) is 11.6 Å². The maximum absolute atomic E-state index is 12.0. The maximum Gasteiger partial charge on any atom is 0.287 e. The average molecular weight is 272 g/mol. The van der Waals surface area contributed by atoms with Crippen molar-refractivity contribution < 1.29 is 0 Å². The van der Waals surface area contributed by atoms with E-state index in [1.165, 1.54) is 4.68 Å². The molecule has 100 valence electrons. The fraction of sp³-hybridized carbons (Fsp3) is 0.636. The zero-order valence-electron chi connectivity index (χ0n) is 10.6. The van der Waals surface area contributed by atoms with E-state index in [-0.39, 0.29) is 10.6 Å². The van der Waals surface area contributed by atoms with E-state index in [0.29, 0.717) is 18.3 Å². The molecule has 0 atom stereocenters. The van der Waals surface area contributed by atoms with Crippen LogP contribution < -0.4 is 16.2 Å². The minimum atomic E-state index is -0.240. The Kier molecular flexibility index (Phi) is 4.21. The van der Waals surface area contributed by atoms with Crippen LogP contribution in [-0.2, 0) is 6.54 Å². The van der Waals surface area contributed by atoms with E-state index in [0.717, 1.165) is 19.6 Å². The molecule has 1 aliphatic rings. The lowest BCUT2D eigenvalue weighted by molar-refractivity contribution is 0.367. The van der Waals surface area contributed by atoms with E-state index in [1.807, 2.05) is 19.0 Å². The number of likely N-dealkylation sites (N-methyl/N-ethyl adjacent to an activating group) is 1. The van der Waals surface area contributed by atoms with Crippen molar-refractivity contribution in [2.45, 2.75) is 12.6 Å². The number of rotatable bonds is 5. The summed E-state index contributed by atoms with van der Waals surface area (Å²) in [5.41, 5.74) is 0.380. The molecule has 0 amide bonds. The molecule has 6 nitrogen and oxygen atoms in total. The summed E-state index contributed by atoms with van der Waals surface area (Å²) in [6.45, 7) is 3.07. The third-order valence-electron chi connectivity index (χ3n) is 2.89. The molecule has 1 fully saturated rings. The van der Waals surface area contributed by atoms with Crippen molar-refractivity contribution in [1.82, 2.24) is 20.0 Å². The molecule has 0 bridgehead atoms. The van der Waals surface area contributed by atoms with Gasteiger partial charge < -0.3 is 15.5 Å². The molecule has 1 aliphatic heterocycles. The number of hydrogen-bond donors (Lipinski definition) is 2. The van der Waals surface area contributed by atoms with Gasteiger partial charge in [0, 0.05) is 19.6 Å². The van der Waals surface area contributed by atoms with Gasteiger partial charge in [-0.3, -0.25) is 4.79 Å². The number of anilines is 1. The molecule has 0 radical (unpaired) electrons. The van der Waals surface area contributed by atoms with Gasteiger partial charge in [-0.05, 0) is 14.1 Å². The van der Waals surface area contributed by atoms with E-state index >= 15 is 0 Å². The summed E-state index contributed by atoms with van der Waals surface area (Å²) in [6, 6.07) is 0.335. The summed E-state index contributed by atoms with van der Waals surface area (Å²) in [5, 5.41) is 10.7. The molecule has 0 aliphatic carbocycles. The van der Waals surface area contributed by atoms with E-state index < -0.39 is 0 Å². The second kappa shape index (κ2) is 5.69. The van der Waals surface area contributed by atoms with Crippen LogP contribution in [0.5, 0.6) is 0 Å². The van der Waals surface area contributed by atoms with Crippen molar-refractivity contribution >= 4 is 17.3 Å². The highest BCUT2D eigenvalue weighted by atomic mass is 35.5. The van der Waals surface area contributed by atoms with Crippen molar-refractivity contribution in [3.05, 3.63) is 21.6 Å². The molecule has 2 rings (SSSR count). The second-order valence-corrected chi connectivity index (χ2v) is 5.08. The Bertz CT molecular complexity index is 469. The first kappa shape index (κ1) is 13.3. The summed E-state index contributed by atoms with van der Waals surface area (Å²) in [4.78, 5) is 14.0. The number of aromatic nitrogens is 2. The predicted octanol–water partition coefficient (Wildman–Crippen LogP) is -0.158. The van der Waals surface area contributed by atoms with Crippen LogP contribution in [0.15, 0.2) is 11.0 Å². The van der Waals surface area contributed by atoms with Crippen LogP contribution in [0.25, 0.3) is 0 Å². The Hall–Kier alpha value is -1.11. The minimum absolute atomic E-state index is 0.218. The van der Waals surface area contributed by atoms with E-state index in [1.54, 1.807) is 6.20 Å². The molecule has 7 heteroatoms. The van der Waals surface area contributed by atoms with E-state index in [4.69, 9.17) is 11.6 Å². The van der Waals surface area contributed by atoms with E-state index in [9.17, 15) is 4.79 Å². The standard InChI is InChI=1S/C11H18ClN5O/c1-16(2)3-4-17-11(18)10(12)9(7-14-17)15-8-5-13-6-8/h7-8,13,15H,3-6H2,1-2H3. The fourth-order valence-electron chi connectivity index (χ4n) is 1.63. The normalized spacial score (nSPS) is 15.8. The molecular weight excluding hydrogens is 254 g/mol. The zero-order chi connectivity index (χ0) is 13.1. The van der Waals surface area contributed by atoms with Crippen LogP contribution >= 0.6 is 11.6 Å². The molecule has 1 saturated heterocycles. The smallest absolute Gasteiger partial charge is 0.287 e. The van der Waals surface area contributed by atoms with E-state index in [2.05, 4.69) is 15.7 Å². The molecule has 0 unspecified atom stereocenters. The lowest BCUT2D eigenvalue weighted by Crippen LogP contribution is -2.51. The van der Waals surface area contributed by atoms with Gasteiger partial charge in [0.15, 0.2) is 0 Å². The Morgan fingerprint density at radius 2 is 2.33 bits per heavy atom. The third kappa shape index (κ3) is 3.01. The first-order chi connectivity index (χ1) is 8.58. The first-order valence-electron chi connectivity index (χ1n) is 5.95. The molecule has 2 N–H and O–H groups in total. The van der Waals surface area contributed by atoms with Crippen LogP contribution in [0.4, 0.5) is 5.69 Å². The van der Waals surface area contributed by atoms with Crippen molar-refractivity contribution in [2.75, 3.05) is 39.0 Å². The van der Waals surface area contributed by atoms with Gasteiger partial charge >= 0.3 is 0 Å². The van der Waals surface area contributed by atoms with Crippen molar-refractivity contribution in [3.8, 4) is 0 Å². The van der Waals surface area contributed by atoms with Crippen molar-refractivity contribution in [1.29, 1.82) is 0 Å². The summed E-state index contributed by atoms with van der Waals surface area (Å²) in [6.07, 6.45) is 1.62. The highest BCUT2D eigenvalue weighted by Crippen LogP contribution is 2.17. The summed E-state index contributed by atoms with van der Waals surface area (Å²) in [5.74, 6) is 0. The van der Waals surface area contributed by atoms with Crippen molar-refractivity contribution in [2.24, 2.45) is 0 Å². The Balaban J connectivity index is 2.10. The van der Waals surface area contributed by atoms with Gasteiger partial charge in [-0.2, -0.15) is 5.10 Å². The topological polar surface area (TPSA) is 62.2 Å². The quantitative estimate of drug-likeness (QED) is 0.779. The highest BCUT2D eigenvalue weighted by molar-refractivity contribution is 6.32. The molecular formula is C11H18ClN5O. The van der Waals surface area contributed by atoms with Gasteiger partial charge in [0.05, 0.1) is 24.5 Å². The molecule has 0 saturated carbocycles. The van der Waals surface area contributed by atoms with Crippen LogP contribution in [0, 0.1) is 0 Å². The Morgan fingerprint density at radius 1 is 1.61 bits per heavy atom. The number of nitrogens with one attached hydrogen (secondary N) is 2. The average Bonchev–Trinajstić information content (AvgIpc) is 2.27. The van der Waals surface area contributed by atoms with Crippen molar-refractivity contribution in [3.63, 3.8) is 0 Å². The van der Waals surface area contributed by atoms with Gasteiger partial charge in [-0.25, -0.2) is 4.68 Å². The number of nitrogens with zero attached hydrogens (tertiary/aromatic N) is 3. The van der Waals surface area contributed by atoms with Crippen LogP contribution in [0.1, 0.15) is 0 Å². The minimum Gasteiger partial charge on any atom is -0.377 e. The third-order valence-corrected chi connectivity index (χ3v) is 3.25. The SMILES string of the molecule is CN(C)CCn1ncc(NC2CNC2)c(Cl)c1=O. The lowest BCUT2D eigenvalue weighted by atomic mass is 10.2. The van der Waals surface area contributed by atoms with Crippen LogP contribution in [-0.4, -0.2) is 54.5 Å². The summed E-state index contributed by atoms with van der Waals surface area (Å²) in [7, 11) is 3.90. The number of hydrogen-bond acceptors (Lipinski definition) is 5. The Labute approximate surface area is 111 Å². The van der Waals surface area contributed by atoms with Gasteiger partial charge in [0.2, 0.25) is 0 Å². The van der Waals surface area contributed by atoms with Crippen LogP contribution in [0.2, 0.25) is 5.02 Å². The maximum atomic E-state index is 12.0. The number of halogens is 1. The van der Waals surface area contributed by atoms with Gasteiger partial charge in [0.25, 0.3) is 5.56 Å². The Morgan fingerprint density at radius 3 is 2.89 bits per heavy atom. The molecule has 0 aromatic carbocycles. The van der Waals surface area contributed by atoms with Gasteiger partial charge in [0.1, 0.15) is 5.02 Å². The first-order valence-corrected chi connectivity index (χ1v) is 6.33. The molecule has 1 aromatic heterocycles. The molecule has 0 spiro atoms. The summed E-state index contributed by atoms with van der Waals surface area (Å²) < 4.78 is 1.40. The molecule has 2 heterocycles. The molecule has 1 aromatic rings. The fourth-order valence-corrected chi connectivity index (χ4v) is 1.83. The zero-order valence-corrected chi connectivity index (χ0v) is 11.4. The van der Waals surface area contributed by atoms with Crippen LogP contribution in [0.3, 0.4) is 0 Å². The van der Waals surface area contributed by atoms with Gasteiger partial charge in [-0.15, -0.1) is 0 Å². The summed E-state index contributed by atoms with van der Waals surface area (Å²) >= 11 is 6.07. The highest BCUT2D eigenvalue weighted by Gasteiger charge is 2.18. The lowest BCUT2D eigenvalue weighted by Gasteiger charge is -2.29. The largest absolute Gasteiger partial charge is 0.377 e. The molecule has 18 heavy (non-hydrogen) atoms. The monoisotopic (exact) mass is 271 g/mol. The second-order valence-electron chi connectivity index (χ2n) is 4.70.